The number of rotatable bonds is 9. The van der Waals surface area contributed by atoms with E-state index < -0.39 is 0 Å². The van der Waals surface area contributed by atoms with E-state index in [-0.39, 0.29) is 11.8 Å². The van der Waals surface area contributed by atoms with Crippen molar-refractivity contribution in [2.24, 2.45) is 5.92 Å². The Labute approximate surface area is 181 Å². The molecule has 1 aliphatic carbocycles. The van der Waals surface area contributed by atoms with Crippen LogP contribution in [0.25, 0.3) is 0 Å². The van der Waals surface area contributed by atoms with Gasteiger partial charge in [0.05, 0.1) is 0 Å². The molecule has 0 aromatic heterocycles. The molecule has 2 aliphatic rings. The van der Waals surface area contributed by atoms with Gasteiger partial charge >= 0.3 is 0 Å². The zero-order valence-corrected chi connectivity index (χ0v) is 18.7. The Kier molecular flexibility index (Phi) is 8.55. The van der Waals surface area contributed by atoms with Crippen LogP contribution in [0, 0.1) is 5.92 Å². The number of unbranched alkanes of at least 4 members (excludes halogenated alkanes) is 1. The van der Waals surface area contributed by atoms with E-state index in [9.17, 15) is 9.59 Å². The molecule has 1 aliphatic heterocycles. The van der Waals surface area contributed by atoms with E-state index >= 15 is 0 Å². The molecular formula is C24H38N4O2. The third-order valence-electron chi connectivity index (χ3n) is 6.52. The minimum Gasteiger partial charge on any atom is -0.375 e. The van der Waals surface area contributed by atoms with Gasteiger partial charge in [0.15, 0.2) is 0 Å². The molecule has 0 radical (unpaired) electrons. The zero-order valence-electron chi connectivity index (χ0n) is 18.7. The molecule has 6 heteroatoms. The van der Waals surface area contributed by atoms with Crippen LogP contribution in [0.3, 0.4) is 0 Å². The first-order valence-electron chi connectivity index (χ1n) is 11.7. The molecule has 2 amide bonds. The highest BCUT2D eigenvalue weighted by Gasteiger charge is 2.29. The minimum absolute atomic E-state index is 0.0205. The van der Waals surface area contributed by atoms with Crippen LogP contribution in [0.5, 0.6) is 0 Å². The fraction of sp³-hybridized carbons (Fsp3) is 0.667. The summed E-state index contributed by atoms with van der Waals surface area (Å²) >= 11 is 0. The van der Waals surface area contributed by atoms with E-state index in [2.05, 4.69) is 29.1 Å². The van der Waals surface area contributed by atoms with Crippen LogP contribution in [0.15, 0.2) is 24.3 Å². The van der Waals surface area contributed by atoms with Gasteiger partial charge in [0, 0.05) is 70.0 Å². The Morgan fingerprint density at radius 2 is 1.73 bits per heavy atom. The topological polar surface area (TPSA) is 55.9 Å². The van der Waals surface area contributed by atoms with Crippen molar-refractivity contribution in [1.82, 2.24) is 15.1 Å². The van der Waals surface area contributed by atoms with Crippen LogP contribution in [-0.4, -0.2) is 74.5 Å². The van der Waals surface area contributed by atoms with Crippen molar-refractivity contribution in [1.29, 1.82) is 0 Å². The minimum atomic E-state index is -0.0205. The predicted molar refractivity (Wildman–Crippen MR) is 122 cm³/mol. The first-order chi connectivity index (χ1) is 14.6. The molecule has 1 aromatic carbocycles. The fourth-order valence-electron chi connectivity index (χ4n) is 4.44. The van der Waals surface area contributed by atoms with Crippen LogP contribution in [0.4, 0.5) is 5.69 Å². The van der Waals surface area contributed by atoms with Gasteiger partial charge in [-0.15, -0.1) is 0 Å². The number of hydrogen-bond donors (Lipinski definition) is 1. The van der Waals surface area contributed by atoms with E-state index in [1.807, 2.05) is 29.2 Å². The molecule has 1 N–H and O–H groups in total. The van der Waals surface area contributed by atoms with Crippen molar-refractivity contribution in [3.05, 3.63) is 29.8 Å². The van der Waals surface area contributed by atoms with Gasteiger partial charge in [0.25, 0.3) is 5.91 Å². The summed E-state index contributed by atoms with van der Waals surface area (Å²) in [6.45, 7) is 8.11. The van der Waals surface area contributed by atoms with Gasteiger partial charge in [0.2, 0.25) is 5.91 Å². The van der Waals surface area contributed by atoms with Gasteiger partial charge in [-0.05, 0) is 43.5 Å². The highest BCUT2D eigenvalue weighted by molar-refractivity contribution is 5.94. The second-order valence-corrected chi connectivity index (χ2v) is 8.73. The van der Waals surface area contributed by atoms with E-state index in [4.69, 9.17) is 0 Å². The van der Waals surface area contributed by atoms with Crippen molar-refractivity contribution in [2.45, 2.75) is 45.4 Å². The van der Waals surface area contributed by atoms with Crippen molar-refractivity contribution in [3.63, 3.8) is 0 Å². The third kappa shape index (κ3) is 6.21. The first-order valence-corrected chi connectivity index (χ1v) is 11.7. The maximum atomic E-state index is 12.5. The van der Waals surface area contributed by atoms with Crippen molar-refractivity contribution in [2.75, 3.05) is 57.8 Å². The second-order valence-electron chi connectivity index (χ2n) is 8.73. The Balaban J connectivity index is 1.35. The monoisotopic (exact) mass is 414 g/mol. The van der Waals surface area contributed by atoms with Crippen molar-refractivity contribution in [3.8, 4) is 0 Å². The SMILES string of the molecule is CCCCN(C)c1ccc(C(=O)NCCN2CCN(C(=O)C3CCCC3)CC2)cc1. The standard InChI is InChI=1S/C24H38N4O2/c1-3-4-14-26(2)22-11-9-20(10-12-22)23(29)25-13-15-27-16-18-28(19-17-27)24(30)21-7-5-6-8-21/h9-12,21H,3-8,13-19H2,1-2H3,(H,25,29). The van der Waals surface area contributed by atoms with Crippen LogP contribution >= 0.6 is 0 Å². The molecular weight excluding hydrogens is 376 g/mol. The van der Waals surface area contributed by atoms with E-state index in [0.29, 0.717) is 18.0 Å². The lowest BCUT2D eigenvalue weighted by Gasteiger charge is -2.36. The van der Waals surface area contributed by atoms with E-state index in [1.54, 1.807) is 0 Å². The lowest BCUT2D eigenvalue weighted by atomic mass is 10.1. The summed E-state index contributed by atoms with van der Waals surface area (Å²) in [5.41, 5.74) is 1.85. The molecule has 6 nitrogen and oxygen atoms in total. The molecule has 0 spiro atoms. The number of carbonyl (C=O) groups is 2. The fourth-order valence-corrected chi connectivity index (χ4v) is 4.44. The highest BCUT2D eigenvalue weighted by atomic mass is 16.2. The smallest absolute Gasteiger partial charge is 0.251 e. The van der Waals surface area contributed by atoms with Crippen molar-refractivity contribution < 1.29 is 9.59 Å². The summed E-state index contributed by atoms with van der Waals surface area (Å²) in [5, 5.41) is 3.03. The number of nitrogens with zero attached hydrogens (tertiary/aromatic N) is 3. The van der Waals surface area contributed by atoms with Gasteiger partial charge < -0.3 is 15.1 Å². The molecule has 2 fully saturated rings. The van der Waals surface area contributed by atoms with Gasteiger partial charge in [-0.3, -0.25) is 14.5 Å². The maximum absolute atomic E-state index is 12.5. The van der Waals surface area contributed by atoms with Gasteiger partial charge in [-0.25, -0.2) is 0 Å². The molecule has 3 rings (SSSR count). The predicted octanol–water partition coefficient (Wildman–Crippen LogP) is 2.99. The molecule has 30 heavy (non-hydrogen) atoms. The normalized spacial score (nSPS) is 17.9. The van der Waals surface area contributed by atoms with Gasteiger partial charge in [-0.1, -0.05) is 26.2 Å². The third-order valence-corrected chi connectivity index (χ3v) is 6.52. The number of benzene rings is 1. The molecule has 0 unspecified atom stereocenters. The Bertz CT molecular complexity index is 677. The molecule has 1 heterocycles. The van der Waals surface area contributed by atoms with Crippen LogP contribution < -0.4 is 10.2 Å². The largest absolute Gasteiger partial charge is 0.375 e. The van der Waals surface area contributed by atoms with Crippen LogP contribution in [0.1, 0.15) is 55.8 Å². The summed E-state index contributed by atoms with van der Waals surface area (Å²) in [4.78, 5) is 31.6. The van der Waals surface area contributed by atoms with E-state index in [0.717, 1.165) is 57.8 Å². The average Bonchev–Trinajstić information content (AvgIpc) is 3.32. The molecule has 1 aromatic rings. The van der Waals surface area contributed by atoms with E-state index in [1.165, 1.54) is 25.7 Å². The van der Waals surface area contributed by atoms with Gasteiger partial charge in [-0.2, -0.15) is 0 Å². The van der Waals surface area contributed by atoms with Crippen LogP contribution in [-0.2, 0) is 4.79 Å². The highest BCUT2D eigenvalue weighted by Crippen LogP contribution is 2.26. The first kappa shape index (κ1) is 22.6. The van der Waals surface area contributed by atoms with Crippen LogP contribution in [0.2, 0.25) is 0 Å². The Morgan fingerprint density at radius 3 is 2.37 bits per heavy atom. The number of carbonyl (C=O) groups excluding carboxylic acids is 2. The van der Waals surface area contributed by atoms with Crippen molar-refractivity contribution >= 4 is 17.5 Å². The molecule has 1 saturated heterocycles. The lowest BCUT2D eigenvalue weighted by molar-refractivity contribution is -0.137. The number of anilines is 1. The summed E-state index contributed by atoms with van der Waals surface area (Å²) in [6.07, 6.45) is 6.89. The Morgan fingerprint density at radius 1 is 1.07 bits per heavy atom. The number of piperazine rings is 1. The molecule has 1 saturated carbocycles. The number of hydrogen-bond acceptors (Lipinski definition) is 4. The zero-order chi connectivity index (χ0) is 21.3. The number of amides is 2. The summed E-state index contributed by atoms with van der Waals surface area (Å²) in [5.74, 6) is 0.616. The quantitative estimate of drug-likeness (QED) is 0.675. The summed E-state index contributed by atoms with van der Waals surface area (Å²) in [7, 11) is 2.09. The average molecular weight is 415 g/mol. The molecule has 166 valence electrons. The second kappa shape index (κ2) is 11.3. The molecule has 0 atom stereocenters. The van der Waals surface area contributed by atoms with Gasteiger partial charge in [0.1, 0.15) is 0 Å². The lowest BCUT2D eigenvalue weighted by Crippen LogP contribution is -2.51. The summed E-state index contributed by atoms with van der Waals surface area (Å²) in [6, 6.07) is 7.84. The number of nitrogens with one attached hydrogen (secondary N) is 1. The summed E-state index contributed by atoms with van der Waals surface area (Å²) < 4.78 is 0. The Hall–Kier alpha value is -2.08. The maximum Gasteiger partial charge on any atom is 0.251 e. The molecule has 0 bridgehead atoms.